The molecule has 176 valence electrons. The third-order valence-corrected chi connectivity index (χ3v) is 5.80. The van der Waals surface area contributed by atoms with Crippen LogP contribution >= 0.6 is 27.5 Å². The Morgan fingerprint density at radius 1 is 0.824 bits per heavy atom. The first-order valence-corrected chi connectivity index (χ1v) is 11.5. The molecule has 0 amide bonds. The van der Waals surface area contributed by atoms with Gasteiger partial charge in [-0.05, 0) is 54.6 Å². The summed E-state index contributed by atoms with van der Waals surface area (Å²) in [5.74, 6) is -5.06. The predicted molar refractivity (Wildman–Crippen MR) is 120 cm³/mol. The minimum absolute atomic E-state index is 0.148. The number of aromatic hydroxyl groups is 1. The standard InChI is InChI=1S/C21H12BrClO10S/c22-10-1-5-18(33-20(27)13-8-11(23)2-4-16(13)24)15(7-10)21(28)32-17-6-3-12(34(29,30)31)9-14(17)19(25)26/h1-9,24H,(H,25,26)(H,29,30,31). The molecule has 0 aromatic heterocycles. The van der Waals surface area contributed by atoms with E-state index in [1.807, 2.05) is 0 Å². The Bertz CT molecular complexity index is 1440. The summed E-state index contributed by atoms with van der Waals surface area (Å²) in [5.41, 5.74) is -1.30. The second-order valence-corrected chi connectivity index (χ2v) is 9.29. The van der Waals surface area contributed by atoms with E-state index in [4.69, 9.17) is 25.6 Å². The number of phenols is 1. The lowest BCUT2D eigenvalue weighted by Gasteiger charge is -2.12. The second kappa shape index (κ2) is 9.81. The highest BCUT2D eigenvalue weighted by Crippen LogP contribution is 2.29. The molecule has 3 aromatic rings. The number of halogens is 2. The van der Waals surface area contributed by atoms with E-state index in [1.54, 1.807) is 0 Å². The summed E-state index contributed by atoms with van der Waals surface area (Å²) in [6.45, 7) is 0. The molecule has 0 heterocycles. The van der Waals surface area contributed by atoms with Gasteiger partial charge in [0.2, 0.25) is 0 Å². The molecule has 0 aliphatic heterocycles. The van der Waals surface area contributed by atoms with Crippen LogP contribution in [0.4, 0.5) is 0 Å². The zero-order valence-corrected chi connectivity index (χ0v) is 19.7. The summed E-state index contributed by atoms with van der Waals surface area (Å²) in [6, 6.07) is 9.95. The molecule has 0 aliphatic carbocycles. The van der Waals surface area contributed by atoms with Gasteiger partial charge in [0.1, 0.15) is 33.9 Å². The van der Waals surface area contributed by atoms with E-state index in [-0.39, 0.29) is 21.9 Å². The van der Waals surface area contributed by atoms with Crippen LogP contribution in [-0.4, -0.2) is 41.1 Å². The van der Waals surface area contributed by atoms with Crippen molar-refractivity contribution in [3.05, 3.63) is 80.8 Å². The number of esters is 2. The van der Waals surface area contributed by atoms with Crippen LogP contribution in [0.2, 0.25) is 5.02 Å². The van der Waals surface area contributed by atoms with Crippen molar-refractivity contribution in [1.29, 1.82) is 0 Å². The molecular formula is C21H12BrClO10S. The van der Waals surface area contributed by atoms with Crippen LogP contribution in [0.1, 0.15) is 31.1 Å². The second-order valence-electron chi connectivity index (χ2n) is 6.52. The highest BCUT2D eigenvalue weighted by Gasteiger charge is 2.24. The van der Waals surface area contributed by atoms with E-state index in [9.17, 15) is 33.0 Å². The molecular weight excluding hydrogens is 560 g/mol. The number of hydrogen-bond acceptors (Lipinski definition) is 8. The molecule has 0 saturated carbocycles. The lowest BCUT2D eigenvalue weighted by atomic mass is 10.1. The molecule has 0 spiro atoms. The highest BCUT2D eigenvalue weighted by atomic mass is 79.9. The number of ether oxygens (including phenoxy) is 2. The average Bonchev–Trinajstić information content (AvgIpc) is 2.75. The van der Waals surface area contributed by atoms with Gasteiger partial charge >= 0.3 is 17.9 Å². The van der Waals surface area contributed by atoms with Crippen LogP contribution < -0.4 is 9.47 Å². The van der Waals surface area contributed by atoms with E-state index in [0.29, 0.717) is 10.5 Å². The third kappa shape index (κ3) is 5.72. The van der Waals surface area contributed by atoms with Crippen LogP contribution in [-0.2, 0) is 10.1 Å². The topological polar surface area (TPSA) is 164 Å². The van der Waals surface area contributed by atoms with Crippen LogP contribution in [0, 0.1) is 0 Å². The first-order valence-electron chi connectivity index (χ1n) is 8.94. The Kier molecular flexibility index (Phi) is 7.26. The molecule has 0 radical (unpaired) electrons. The number of carboxylic acids is 1. The molecule has 3 aromatic carbocycles. The monoisotopic (exact) mass is 570 g/mol. The fraction of sp³-hybridized carbons (Fsp3) is 0. The average molecular weight is 572 g/mol. The van der Waals surface area contributed by atoms with E-state index in [1.165, 1.54) is 30.3 Å². The molecule has 3 rings (SSSR count). The van der Waals surface area contributed by atoms with Crippen molar-refractivity contribution in [3.8, 4) is 17.2 Å². The van der Waals surface area contributed by atoms with Gasteiger partial charge in [0.25, 0.3) is 10.1 Å². The van der Waals surface area contributed by atoms with Crippen molar-refractivity contribution in [2.45, 2.75) is 4.90 Å². The maximum atomic E-state index is 12.8. The number of carbonyl (C=O) groups excluding carboxylic acids is 2. The number of carboxylic acid groups (broad SMARTS) is 1. The summed E-state index contributed by atoms with van der Waals surface area (Å²) in [6.07, 6.45) is 0. The van der Waals surface area contributed by atoms with Gasteiger partial charge < -0.3 is 19.7 Å². The van der Waals surface area contributed by atoms with Crippen molar-refractivity contribution in [2.75, 3.05) is 0 Å². The molecule has 0 aliphatic rings. The number of benzene rings is 3. The van der Waals surface area contributed by atoms with Crippen molar-refractivity contribution >= 4 is 55.6 Å². The highest BCUT2D eigenvalue weighted by molar-refractivity contribution is 9.10. The number of aromatic carboxylic acids is 1. The van der Waals surface area contributed by atoms with Crippen molar-refractivity contribution < 1.29 is 47.0 Å². The maximum absolute atomic E-state index is 12.8. The lowest BCUT2D eigenvalue weighted by molar-refractivity contribution is 0.0680. The van der Waals surface area contributed by atoms with E-state index < -0.39 is 50.0 Å². The lowest BCUT2D eigenvalue weighted by Crippen LogP contribution is -2.16. The van der Waals surface area contributed by atoms with Gasteiger partial charge in [0.05, 0.1) is 4.90 Å². The van der Waals surface area contributed by atoms with E-state index in [0.717, 1.165) is 18.2 Å². The zero-order valence-electron chi connectivity index (χ0n) is 16.6. The summed E-state index contributed by atoms with van der Waals surface area (Å²) in [5, 5.41) is 19.4. The van der Waals surface area contributed by atoms with E-state index in [2.05, 4.69) is 15.9 Å². The molecule has 10 nitrogen and oxygen atoms in total. The molecule has 13 heteroatoms. The smallest absolute Gasteiger partial charge is 0.347 e. The third-order valence-electron chi connectivity index (χ3n) is 4.22. The fourth-order valence-corrected chi connectivity index (χ4v) is 3.70. The van der Waals surface area contributed by atoms with Gasteiger partial charge in [-0.3, -0.25) is 4.55 Å². The Labute approximate surface area is 205 Å². The molecule has 0 saturated heterocycles. The summed E-state index contributed by atoms with van der Waals surface area (Å²) in [7, 11) is -4.71. The molecule has 0 unspecified atom stereocenters. The fourth-order valence-electron chi connectivity index (χ4n) is 2.66. The summed E-state index contributed by atoms with van der Waals surface area (Å²) < 4.78 is 42.4. The van der Waals surface area contributed by atoms with Gasteiger partial charge in [-0.2, -0.15) is 8.42 Å². The molecule has 0 fully saturated rings. The van der Waals surface area contributed by atoms with Crippen LogP contribution in [0.5, 0.6) is 17.2 Å². The normalized spacial score (nSPS) is 11.0. The molecule has 34 heavy (non-hydrogen) atoms. The molecule has 0 atom stereocenters. The molecule has 0 bridgehead atoms. The Hall–Kier alpha value is -3.45. The van der Waals surface area contributed by atoms with Gasteiger partial charge in [-0.15, -0.1) is 0 Å². The number of phenolic OH excluding ortho intramolecular Hbond substituents is 1. The Morgan fingerprint density at radius 2 is 1.41 bits per heavy atom. The minimum atomic E-state index is -4.71. The number of rotatable bonds is 6. The van der Waals surface area contributed by atoms with Crippen molar-refractivity contribution in [3.63, 3.8) is 0 Å². The van der Waals surface area contributed by atoms with E-state index >= 15 is 0 Å². The van der Waals surface area contributed by atoms with Crippen molar-refractivity contribution in [2.24, 2.45) is 0 Å². The molecule has 3 N–H and O–H groups in total. The quantitative estimate of drug-likeness (QED) is 0.222. The largest absolute Gasteiger partial charge is 0.507 e. The Balaban J connectivity index is 1.96. The Morgan fingerprint density at radius 3 is 2.03 bits per heavy atom. The first kappa shape index (κ1) is 25.2. The minimum Gasteiger partial charge on any atom is -0.507 e. The maximum Gasteiger partial charge on any atom is 0.347 e. The SMILES string of the molecule is O=C(Oc1ccc(Br)cc1C(=O)Oc1ccc(S(=O)(=O)O)cc1C(=O)O)c1cc(Cl)ccc1O. The van der Waals surface area contributed by atoms with Crippen LogP contribution in [0.3, 0.4) is 0 Å². The predicted octanol–water partition coefficient (Wildman–Crippen LogP) is 4.19. The number of hydrogen-bond donors (Lipinski definition) is 3. The van der Waals surface area contributed by atoms with Crippen LogP contribution in [0.15, 0.2) is 64.0 Å². The van der Waals surface area contributed by atoms with Gasteiger partial charge in [0.15, 0.2) is 0 Å². The van der Waals surface area contributed by atoms with Crippen molar-refractivity contribution in [1.82, 2.24) is 0 Å². The number of carbonyl (C=O) groups is 3. The van der Waals surface area contributed by atoms with Gasteiger partial charge in [0, 0.05) is 9.50 Å². The first-order chi connectivity index (χ1) is 15.9. The zero-order chi connectivity index (χ0) is 25.2. The summed E-state index contributed by atoms with van der Waals surface area (Å²) in [4.78, 5) is 36.1. The van der Waals surface area contributed by atoms with Gasteiger partial charge in [-0.1, -0.05) is 27.5 Å². The van der Waals surface area contributed by atoms with Gasteiger partial charge in [-0.25, -0.2) is 14.4 Å². The summed E-state index contributed by atoms with van der Waals surface area (Å²) >= 11 is 8.99. The van der Waals surface area contributed by atoms with Crippen LogP contribution in [0.25, 0.3) is 0 Å².